The first-order chi connectivity index (χ1) is 13.8. The van der Waals surface area contributed by atoms with Gasteiger partial charge in [0, 0.05) is 23.7 Å². The van der Waals surface area contributed by atoms with Crippen molar-refractivity contribution in [2.45, 2.75) is 52.6 Å². The molecule has 3 heterocycles. The summed E-state index contributed by atoms with van der Waals surface area (Å²) >= 11 is 0. The van der Waals surface area contributed by atoms with Crippen molar-refractivity contribution in [3.63, 3.8) is 0 Å². The van der Waals surface area contributed by atoms with Gasteiger partial charge < -0.3 is 10.6 Å². The fourth-order valence-electron chi connectivity index (χ4n) is 3.61. The van der Waals surface area contributed by atoms with Crippen LogP contribution < -0.4 is 10.6 Å². The van der Waals surface area contributed by atoms with Gasteiger partial charge in [-0.25, -0.2) is 9.67 Å². The third-order valence-electron chi connectivity index (χ3n) is 5.38. The highest BCUT2D eigenvalue weighted by Gasteiger charge is 2.30. The van der Waals surface area contributed by atoms with Crippen molar-refractivity contribution in [3.05, 3.63) is 36.2 Å². The summed E-state index contributed by atoms with van der Waals surface area (Å²) in [6, 6.07) is 7.29. The van der Waals surface area contributed by atoms with E-state index in [1.54, 1.807) is 23.0 Å². The van der Waals surface area contributed by atoms with Gasteiger partial charge in [-0.1, -0.05) is 6.07 Å². The van der Waals surface area contributed by atoms with E-state index < -0.39 is 0 Å². The second-order valence-corrected chi connectivity index (χ2v) is 7.88. The Morgan fingerprint density at radius 3 is 2.48 bits per heavy atom. The molecule has 0 spiro atoms. The number of aryl methyl sites for hydroxylation is 1. The van der Waals surface area contributed by atoms with Crippen LogP contribution in [0.4, 0.5) is 11.6 Å². The number of hydrogen-bond acceptors (Lipinski definition) is 5. The van der Waals surface area contributed by atoms with Crippen LogP contribution in [0.1, 0.15) is 45.3 Å². The maximum atomic E-state index is 12.7. The van der Waals surface area contributed by atoms with Crippen LogP contribution in [0.3, 0.4) is 0 Å². The van der Waals surface area contributed by atoms with Gasteiger partial charge in [0.1, 0.15) is 11.6 Å². The summed E-state index contributed by atoms with van der Waals surface area (Å²) in [7, 11) is 0. The van der Waals surface area contributed by atoms with E-state index in [2.05, 4.69) is 25.6 Å². The van der Waals surface area contributed by atoms with E-state index in [9.17, 15) is 9.59 Å². The number of rotatable bonds is 6. The lowest BCUT2D eigenvalue weighted by Gasteiger charge is -2.34. The highest BCUT2D eigenvalue weighted by Crippen LogP contribution is 2.22. The molecule has 2 aromatic heterocycles. The van der Waals surface area contributed by atoms with Gasteiger partial charge in [-0.15, -0.1) is 0 Å². The molecule has 3 rings (SSSR count). The number of nitrogens with one attached hydrogen (secondary N) is 2. The van der Waals surface area contributed by atoms with Gasteiger partial charge in [-0.3, -0.25) is 14.5 Å². The van der Waals surface area contributed by atoms with Crippen LogP contribution in [-0.2, 0) is 9.59 Å². The Morgan fingerprint density at radius 1 is 1.10 bits per heavy atom. The molecule has 2 N–H and O–H groups in total. The predicted octanol–water partition coefficient (Wildman–Crippen LogP) is 2.85. The van der Waals surface area contributed by atoms with Crippen molar-refractivity contribution in [2.75, 3.05) is 23.7 Å². The standard InChI is InChI=1S/C21H30N6O2/c1-14(2)27-19(8-11-22-27)25-20(28)16(4)26-12-9-17(10-13-26)21(29)24-18-7-5-6-15(3)23-18/h5-8,11,14,16-17H,9-10,12-13H2,1-4H3,(H,25,28)(H,23,24,29). The second kappa shape index (κ2) is 9.17. The number of piperidine rings is 1. The highest BCUT2D eigenvalue weighted by molar-refractivity contribution is 5.94. The lowest BCUT2D eigenvalue weighted by Crippen LogP contribution is -2.47. The van der Waals surface area contributed by atoms with E-state index in [0.717, 1.165) is 18.5 Å². The van der Waals surface area contributed by atoms with E-state index >= 15 is 0 Å². The third-order valence-corrected chi connectivity index (χ3v) is 5.38. The van der Waals surface area contributed by atoms with Crippen molar-refractivity contribution in [2.24, 2.45) is 5.92 Å². The second-order valence-electron chi connectivity index (χ2n) is 7.88. The molecule has 1 saturated heterocycles. The number of hydrogen-bond donors (Lipinski definition) is 2. The topological polar surface area (TPSA) is 92.2 Å². The maximum absolute atomic E-state index is 12.7. The summed E-state index contributed by atoms with van der Waals surface area (Å²) in [5.74, 6) is 1.18. The van der Waals surface area contributed by atoms with Gasteiger partial charge in [0.15, 0.2) is 0 Å². The molecule has 1 aliphatic heterocycles. The fraction of sp³-hybridized carbons (Fsp3) is 0.524. The van der Waals surface area contributed by atoms with Crippen LogP contribution in [0.5, 0.6) is 0 Å². The molecule has 0 bridgehead atoms. The molecule has 0 saturated carbocycles. The Hall–Kier alpha value is -2.74. The first-order valence-corrected chi connectivity index (χ1v) is 10.2. The summed E-state index contributed by atoms with van der Waals surface area (Å²) in [5, 5.41) is 10.1. The number of amides is 2. The van der Waals surface area contributed by atoms with Crippen molar-refractivity contribution in [3.8, 4) is 0 Å². The minimum atomic E-state index is -0.270. The van der Waals surface area contributed by atoms with Gasteiger partial charge in [-0.05, 0) is 65.8 Å². The van der Waals surface area contributed by atoms with E-state index in [1.807, 2.05) is 39.8 Å². The highest BCUT2D eigenvalue weighted by atomic mass is 16.2. The van der Waals surface area contributed by atoms with Gasteiger partial charge in [-0.2, -0.15) is 5.10 Å². The molecule has 2 amide bonds. The molecule has 1 aliphatic rings. The van der Waals surface area contributed by atoms with Crippen molar-refractivity contribution < 1.29 is 9.59 Å². The van der Waals surface area contributed by atoms with Crippen molar-refractivity contribution >= 4 is 23.5 Å². The SMILES string of the molecule is Cc1cccc(NC(=O)C2CCN(C(C)C(=O)Nc3ccnn3C(C)C)CC2)n1. The van der Waals surface area contributed by atoms with E-state index in [1.165, 1.54) is 0 Å². The number of pyridine rings is 1. The Bertz CT molecular complexity index is 854. The molecule has 156 valence electrons. The number of nitrogens with zero attached hydrogens (tertiary/aromatic N) is 4. The molecule has 0 radical (unpaired) electrons. The van der Waals surface area contributed by atoms with Crippen molar-refractivity contribution in [1.29, 1.82) is 0 Å². The first kappa shape index (κ1) is 21.0. The largest absolute Gasteiger partial charge is 0.310 e. The lowest BCUT2D eigenvalue weighted by atomic mass is 9.95. The number of carbonyl (C=O) groups is 2. The average molecular weight is 399 g/mol. The summed E-state index contributed by atoms with van der Waals surface area (Å²) in [6.45, 7) is 9.26. The summed E-state index contributed by atoms with van der Waals surface area (Å²) in [4.78, 5) is 31.7. The van der Waals surface area contributed by atoms with Crippen LogP contribution in [0.15, 0.2) is 30.5 Å². The Morgan fingerprint density at radius 2 is 1.83 bits per heavy atom. The normalized spacial score (nSPS) is 16.6. The molecule has 29 heavy (non-hydrogen) atoms. The van der Waals surface area contributed by atoms with Crippen LogP contribution >= 0.6 is 0 Å². The molecule has 8 nitrogen and oxygen atoms in total. The first-order valence-electron chi connectivity index (χ1n) is 10.2. The monoisotopic (exact) mass is 398 g/mol. The summed E-state index contributed by atoms with van der Waals surface area (Å²) in [6.07, 6.45) is 3.13. The molecular weight excluding hydrogens is 368 g/mol. The minimum absolute atomic E-state index is 0.000639. The number of likely N-dealkylation sites (tertiary alicyclic amines) is 1. The Balaban J connectivity index is 1.51. The van der Waals surface area contributed by atoms with Gasteiger partial charge in [0.2, 0.25) is 11.8 Å². The van der Waals surface area contributed by atoms with Crippen LogP contribution in [0, 0.1) is 12.8 Å². The molecule has 0 aromatic carbocycles. The van der Waals surface area contributed by atoms with Gasteiger partial charge in [0.05, 0.1) is 12.2 Å². The number of carbonyl (C=O) groups excluding carboxylic acids is 2. The number of aromatic nitrogens is 3. The quantitative estimate of drug-likeness (QED) is 0.781. The maximum Gasteiger partial charge on any atom is 0.242 e. The minimum Gasteiger partial charge on any atom is -0.310 e. The zero-order chi connectivity index (χ0) is 21.0. The molecular formula is C21H30N6O2. The fourth-order valence-corrected chi connectivity index (χ4v) is 3.61. The zero-order valence-corrected chi connectivity index (χ0v) is 17.6. The molecule has 8 heteroatoms. The van der Waals surface area contributed by atoms with Crippen LogP contribution in [0.2, 0.25) is 0 Å². The van der Waals surface area contributed by atoms with E-state index in [-0.39, 0.29) is 29.8 Å². The lowest BCUT2D eigenvalue weighted by molar-refractivity contribution is -0.123. The number of anilines is 2. The molecule has 2 aromatic rings. The van der Waals surface area contributed by atoms with Crippen molar-refractivity contribution in [1.82, 2.24) is 19.7 Å². The molecule has 1 atom stereocenters. The zero-order valence-electron chi connectivity index (χ0n) is 17.6. The Kier molecular flexibility index (Phi) is 6.64. The molecule has 0 aliphatic carbocycles. The Labute approximate surface area is 171 Å². The average Bonchev–Trinajstić information content (AvgIpc) is 3.16. The molecule has 1 fully saturated rings. The summed E-state index contributed by atoms with van der Waals surface area (Å²) < 4.78 is 1.79. The molecule has 1 unspecified atom stereocenters. The third kappa shape index (κ3) is 5.20. The van der Waals surface area contributed by atoms with E-state index in [4.69, 9.17) is 0 Å². The smallest absolute Gasteiger partial charge is 0.242 e. The van der Waals surface area contributed by atoms with Gasteiger partial charge in [0.25, 0.3) is 0 Å². The van der Waals surface area contributed by atoms with E-state index in [0.29, 0.717) is 24.7 Å². The van der Waals surface area contributed by atoms with Crippen LogP contribution in [-0.4, -0.2) is 50.6 Å². The predicted molar refractivity (Wildman–Crippen MR) is 113 cm³/mol. The summed E-state index contributed by atoms with van der Waals surface area (Å²) in [5.41, 5.74) is 0.872. The van der Waals surface area contributed by atoms with Gasteiger partial charge >= 0.3 is 0 Å². The van der Waals surface area contributed by atoms with Crippen LogP contribution in [0.25, 0.3) is 0 Å².